The van der Waals surface area contributed by atoms with E-state index < -0.39 is 0 Å². The van der Waals surface area contributed by atoms with E-state index in [1.54, 1.807) is 13.2 Å². The number of ether oxygens (including phenoxy) is 2. The van der Waals surface area contributed by atoms with Gasteiger partial charge in [0, 0.05) is 17.0 Å². The van der Waals surface area contributed by atoms with Gasteiger partial charge in [-0.2, -0.15) is 0 Å². The summed E-state index contributed by atoms with van der Waals surface area (Å²) in [6.45, 7) is 3.92. The van der Waals surface area contributed by atoms with Crippen LogP contribution in [0.4, 0.5) is 0 Å². The molecule has 3 heterocycles. The number of hydrogen-bond acceptors (Lipinski definition) is 5. The molecule has 0 spiro atoms. The topological polar surface area (TPSA) is 102 Å². The van der Waals surface area contributed by atoms with Gasteiger partial charge in [0.2, 0.25) is 0 Å². The Hall–Kier alpha value is -3.94. The Balaban J connectivity index is 1.66. The van der Waals surface area contributed by atoms with Gasteiger partial charge in [-0.3, -0.25) is 19.4 Å². The first-order valence-corrected chi connectivity index (χ1v) is 13.5. The monoisotopic (exact) mass is 515 g/mol. The highest BCUT2D eigenvalue weighted by atomic mass is 16.5. The fraction of sp³-hybridized carbons (Fsp3) is 0.400. The van der Waals surface area contributed by atoms with Crippen LogP contribution in [-0.4, -0.2) is 28.0 Å². The molecule has 5 aromatic rings. The predicted molar refractivity (Wildman–Crippen MR) is 150 cm³/mol. The van der Waals surface area contributed by atoms with Gasteiger partial charge in [-0.1, -0.05) is 38.2 Å². The molecule has 198 valence electrons. The zero-order valence-electron chi connectivity index (χ0n) is 22.1. The molecule has 0 amide bonds. The van der Waals surface area contributed by atoms with Crippen molar-refractivity contribution in [1.82, 2.24) is 14.8 Å². The van der Waals surface area contributed by atoms with Gasteiger partial charge in [-0.15, -0.1) is 0 Å². The minimum Gasteiger partial charge on any atom is -0.493 e. The first-order chi connectivity index (χ1) is 18.4. The van der Waals surface area contributed by atoms with Crippen LogP contribution in [0, 0.1) is 0 Å². The highest BCUT2D eigenvalue weighted by molar-refractivity contribution is 6.14. The average Bonchev–Trinajstić information content (AvgIpc) is 3.39. The van der Waals surface area contributed by atoms with Crippen LogP contribution in [-0.2, 0) is 0 Å². The molecule has 0 aliphatic heterocycles. The van der Waals surface area contributed by atoms with E-state index >= 15 is 0 Å². The van der Waals surface area contributed by atoms with Crippen LogP contribution in [0.3, 0.4) is 0 Å². The summed E-state index contributed by atoms with van der Waals surface area (Å²) in [5.41, 5.74) is 3.62. The molecule has 8 heteroatoms. The molecule has 2 aromatic carbocycles. The normalized spacial score (nSPS) is 15.4. The molecule has 38 heavy (non-hydrogen) atoms. The molecule has 2 N–H and O–H groups in total. The number of methoxy groups -OCH3 is 1. The number of hydrogen-bond donors (Lipinski definition) is 2. The Morgan fingerprint density at radius 1 is 0.974 bits per heavy atom. The number of aromatic amines is 2. The van der Waals surface area contributed by atoms with Crippen molar-refractivity contribution < 1.29 is 13.9 Å². The van der Waals surface area contributed by atoms with Gasteiger partial charge in [-0.25, -0.2) is 0 Å². The van der Waals surface area contributed by atoms with Crippen molar-refractivity contribution in [1.29, 1.82) is 0 Å². The largest absolute Gasteiger partial charge is 0.493 e. The summed E-state index contributed by atoms with van der Waals surface area (Å²) < 4.78 is 19.9. The van der Waals surface area contributed by atoms with E-state index in [4.69, 9.17) is 13.9 Å². The second kappa shape index (κ2) is 9.74. The molecule has 8 nitrogen and oxygen atoms in total. The number of benzene rings is 2. The minimum atomic E-state index is -0.179. The Morgan fingerprint density at radius 3 is 2.47 bits per heavy atom. The van der Waals surface area contributed by atoms with Crippen LogP contribution < -0.4 is 20.5 Å². The van der Waals surface area contributed by atoms with Gasteiger partial charge < -0.3 is 18.9 Å². The zero-order chi connectivity index (χ0) is 26.4. The van der Waals surface area contributed by atoms with Gasteiger partial charge in [0.15, 0.2) is 22.5 Å². The summed E-state index contributed by atoms with van der Waals surface area (Å²) in [4.78, 5) is 29.3. The quantitative estimate of drug-likeness (QED) is 0.272. The molecule has 1 fully saturated rings. The number of pyridine rings is 1. The van der Waals surface area contributed by atoms with Crippen LogP contribution >= 0.6 is 0 Å². The Labute approximate surface area is 219 Å². The van der Waals surface area contributed by atoms with Gasteiger partial charge >= 0.3 is 0 Å². The van der Waals surface area contributed by atoms with E-state index in [2.05, 4.69) is 10.1 Å². The number of fused-ring (bicyclic) bond motifs is 4. The van der Waals surface area contributed by atoms with Gasteiger partial charge in [0.05, 0.1) is 30.2 Å². The van der Waals surface area contributed by atoms with E-state index in [1.165, 1.54) is 31.4 Å². The molecule has 0 unspecified atom stereocenters. The Bertz CT molecular complexity index is 1750. The number of nitrogens with one attached hydrogen (secondary N) is 2. The predicted octanol–water partition coefficient (Wildman–Crippen LogP) is 6.67. The van der Waals surface area contributed by atoms with Crippen LogP contribution in [0.25, 0.3) is 44.2 Å². The number of furan rings is 1. The van der Waals surface area contributed by atoms with Gasteiger partial charge in [0.25, 0.3) is 5.56 Å². The molecule has 3 aromatic heterocycles. The second-order valence-electron chi connectivity index (χ2n) is 10.5. The third-order valence-corrected chi connectivity index (χ3v) is 7.56. The number of rotatable bonds is 5. The molecular formula is C30H33N3O5. The maximum atomic E-state index is 13.6. The molecule has 0 radical (unpaired) electrons. The fourth-order valence-electron chi connectivity index (χ4n) is 5.83. The highest BCUT2D eigenvalue weighted by Crippen LogP contribution is 2.42. The van der Waals surface area contributed by atoms with Crippen molar-refractivity contribution in [2.75, 3.05) is 7.11 Å². The molecule has 1 saturated carbocycles. The maximum absolute atomic E-state index is 13.6. The summed E-state index contributed by atoms with van der Waals surface area (Å²) in [6.07, 6.45) is 7.99. The highest BCUT2D eigenvalue weighted by Gasteiger charge is 2.25. The lowest BCUT2D eigenvalue weighted by molar-refractivity contribution is 0.230. The van der Waals surface area contributed by atoms with Crippen LogP contribution in [0.5, 0.6) is 11.5 Å². The Morgan fingerprint density at radius 2 is 1.74 bits per heavy atom. The van der Waals surface area contributed by atoms with Crippen molar-refractivity contribution in [3.05, 3.63) is 57.0 Å². The third-order valence-electron chi connectivity index (χ3n) is 7.56. The molecule has 0 saturated heterocycles. The summed E-state index contributed by atoms with van der Waals surface area (Å²) in [5.74, 6) is 1.20. The summed E-state index contributed by atoms with van der Waals surface area (Å²) in [5, 5.41) is 4.48. The van der Waals surface area contributed by atoms with Crippen molar-refractivity contribution in [3.8, 4) is 22.6 Å². The minimum absolute atomic E-state index is 0.0169. The van der Waals surface area contributed by atoms with Crippen LogP contribution in [0.1, 0.15) is 64.8 Å². The molecule has 1 aliphatic carbocycles. The molecular weight excluding hydrogens is 482 g/mol. The molecule has 0 bridgehead atoms. The van der Waals surface area contributed by atoms with Crippen LogP contribution in [0.2, 0.25) is 0 Å². The zero-order valence-corrected chi connectivity index (χ0v) is 22.1. The first kappa shape index (κ1) is 24.4. The summed E-state index contributed by atoms with van der Waals surface area (Å²) in [7, 11) is 1.60. The number of H-pyrrole nitrogens is 2. The smallest absolute Gasteiger partial charge is 0.274 e. The molecule has 1 aliphatic rings. The summed E-state index contributed by atoms with van der Waals surface area (Å²) >= 11 is 0. The third kappa shape index (κ3) is 4.18. The SMILES string of the molecule is COc1cc(-c2c3oc4cc(=O)ccc4c3[nH]c3c2c(=O)[nH]n3C2CCCCCCC2)ccc1OC(C)C. The first-order valence-electron chi connectivity index (χ1n) is 13.5. The molecule has 0 atom stereocenters. The standard InChI is InChI=1S/C30H33N3O5/c1-17(2)37-22-14-11-18(15-24(22)36-3)25-26-29(31-27-21-13-12-20(34)16-23(21)38-28(25)27)33(32-30(26)35)19-9-7-5-4-6-8-10-19/h11-17,19,31H,4-10H2,1-3H3,(H,32,35). The van der Waals surface area contributed by atoms with E-state index in [-0.39, 0.29) is 23.1 Å². The van der Waals surface area contributed by atoms with E-state index in [0.717, 1.165) is 47.8 Å². The lowest BCUT2D eigenvalue weighted by Crippen LogP contribution is -2.15. The van der Waals surface area contributed by atoms with Crippen molar-refractivity contribution >= 4 is 33.1 Å². The number of aromatic nitrogens is 3. The lowest BCUT2D eigenvalue weighted by atomic mass is 9.96. The van der Waals surface area contributed by atoms with E-state index in [1.807, 2.05) is 36.7 Å². The fourth-order valence-corrected chi connectivity index (χ4v) is 5.83. The molecule has 6 rings (SSSR count). The average molecular weight is 516 g/mol. The van der Waals surface area contributed by atoms with Gasteiger partial charge in [-0.05, 0) is 56.5 Å². The van der Waals surface area contributed by atoms with Crippen molar-refractivity contribution in [3.63, 3.8) is 0 Å². The van der Waals surface area contributed by atoms with Crippen LogP contribution in [0.15, 0.2) is 50.4 Å². The summed E-state index contributed by atoms with van der Waals surface area (Å²) in [6, 6.07) is 10.7. The second-order valence-corrected chi connectivity index (χ2v) is 10.5. The number of nitrogens with zero attached hydrogens (tertiary/aromatic N) is 1. The van der Waals surface area contributed by atoms with E-state index in [9.17, 15) is 9.59 Å². The van der Waals surface area contributed by atoms with Crippen molar-refractivity contribution in [2.24, 2.45) is 0 Å². The maximum Gasteiger partial charge on any atom is 0.274 e. The van der Waals surface area contributed by atoms with Gasteiger partial charge in [0.1, 0.15) is 11.2 Å². The Kier molecular flexibility index (Phi) is 6.26. The van der Waals surface area contributed by atoms with E-state index in [0.29, 0.717) is 33.6 Å². The lowest BCUT2D eigenvalue weighted by Gasteiger charge is -2.21. The van der Waals surface area contributed by atoms with Crippen molar-refractivity contribution in [2.45, 2.75) is 70.9 Å².